The van der Waals surface area contributed by atoms with Crippen molar-refractivity contribution >= 4 is 0 Å². The molecule has 1 rings (SSSR count). The highest BCUT2D eigenvalue weighted by Gasteiger charge is 2.14. The van der Waals surface area contributed by atoms with E-state index in [0.29, 0.717) is 5.41 Å². The number of aromatic nitrogens is 2. The Kier molecular flexibility index (Phi) is 3.69. The van der Waals surface area contributed by atoms with Crippen molar-refractivity contribution in [3.8, 4) is 0 Å². The van der Waals surface area contributed by atoms with Gasteiger partial charge in [-0.1, -0.05) is 20.8 Å². The van der Waals surface area contributed by atoms with Gasteiger partial charge in [0.2, 0.25) is 0 Å². The quantitative estimate of drug-likeness (QED) is 0.737. The second-order valence-electron chi connectivity index (χ2n) is 4.81. The zero-order valence-corrected chi connectivity index (χ0v) is 9.58. The molecule has 1 heterocycles. The SMILES string of the molecule is COCCn1cncc1CC(C)(C)C. The van der Waals surface area contributed by atoms with Crippen molar-refractivity contribution in [3.63, 3.8) is 0 Å². The Balaban J connectivity index is 2.63. The van der Waals surface area contributed by atoms with E-state index in [0.717, 1.165) is 19.6 Å². The maximum Gasteiger partial charge on any atom is 0.0948 e. The van der Waals surface area contributed by atoms with Crippen LogP contribution in [0.25, 0.3) is 0 Å². The number of imidazole rings is 1. The maximum absolute atomic E-state index is 5.05. The summed E-state index contributed by atoms with van der Waals surface area (Å²) in [7, 11) is 1.72. The summed E-state index contributed by atoms with van der Waals surface area (Å²) in [6.07, 6.45) is 4.87. The average Bonchev–Trinajstić information content (AvgIpc) is 2.45. The lowest BCUT2D eigenvalue weighted by Gasteiger charge is -2.18. The Morgan fingerprint density at radius 3 is 2.71 bits per heavy atom. The predicted molar refractivity (Wildman–Crippen MR) is 57.3 cm³/mol. The number of methoxy groups -OCH3 is 1. The average molecular weight is 196 g/mol. The first-order chi connectivity index (χ1) is 6.53. The smallest absolute Gasteiger partial charge is 0.0948 e. The van der Waals surface area contributed by atoms with E-state index in [4.69, 9.17) is 4.74 Å². The largest absolute Gasteiger partial charge is 0.383 e. The van der Waals surface area contributed by atoms with Gasteiger partial charge in [0.05, 0.1) is 12.9 Å². The van der Waals surface area contributed by atoms with Gasteiger partial charge < -0.3 is 9.30 Å². The summed E-state index contributed by atoms with van der Waals surface area (Å²) in [5.41, 5.74) is 1.60. The number of ether oxygens (including phenoxy) is 1. The molecule has 0 N–H and O–H groups in total. The van der Waals surface area contributed by atoms with Crippen LogP contribution in [-0.4, -0.2) is 23.3 Å². The van der Waals surface area contributed by atoms with Crippen molar-refractivity contribution < 1.29 is 4.74 Å². The molecule has 1 aromatic rings. The van der Waals surface area contributed by atoms with E-state index in [9.17, 15) is 0 Å². The third-order valence-electron chi connectivity index (χ3n) is 2.05. The number of hydrogen-bond donors (Lipinski definition) is 0. The minimum absolute atomic E-state index is 0.310. The van der Waals surface area contributed by atoms with E-state index >= 15 is 0 Å². The van der Waals surface area contributed by atoms with Gasteiger partial charge in [0.1, 0.15) is 0 Å². The van der Waals surface area contributed by atoms with E-state index in [1.807, 2.05) is 12.5 Å². The summed E-state index contributed by atoms with van der Waals surface area (Å²) in [5.74, 6) is 0. The molecule has 0 spiro atoms. The van der Waals surface area contributed by atoms with Gasteiger partial charge in [-0.05, 0) is 11.8 Å². The van der Waals surface area contributed by atoms with E-state index in [1.165, 1.54) is 5.69 Å². The number of rotatable bonds is 4. The molecule has 0 aromatic carbocycles. The van der Waals surface area contributed by atoms with Gasteiger partial charge in [-0.2, -0.15) is 0 Å². The Bertz CT molecular complexity index is 273. The fraction of sp³-hybridized carbons (Fsp3) is 0.727. The van der Waals surface area contributed by atoms with Crippen LogP contribution in [0, 0.1) is 5.41 Å². The third-order valence-corrected chi connectivity index (χ3v) is 2.05. The summed E-state index contributed by atoms with van der Waals surface area (Å²) in [4.78, 5) is 4.17. The van der Waals surface area contributed by atoms with Crippen molar-refractivity contribution in [2.24, 2.45) is 5.41 Å². The Hall–Kier alpha value is -0.830. The Morgan fingerprint density at radius 2 is 2.14 bits per heavy atom. The fourth-order valence-electron chi connectivity index (χ4n) is 1.43. The molecule has 0 saturated carbocycles. The van der Waals surface area contributed by atoms with Gasteiger partial charge in [0.15, 0.2) is 0 Å². The van der Waals surface area contributed by atoms with Gasteiger partial charge in [0, 0.05) is 25.5 Å². The lowest BCUT2D eigenvalue weighted by atomic mass is 9.91. The van der Waals surface area contributed by atoms with Crippen LogP contribution in [0.2, 0.25) is 0 Å². The molecule has 0 aliphatic carbocycles. The normalized spacial score (nSPS) is 12.0. The van der Waals surface area contributed by atoms with Crippen LogP contribution >= 0.6 is 0 Å². The van der Waals surface area contributed by atoms with Crippen LogP contribution in [0.3, 0.4) is 0 Å². The number of hydrogen-bond acceptors (Lipinski definition) is 2. The van der Waals surface area contributed by atoms with Crippen LogP contribution in [0.1, 0.15) is 26.5 Å². The summed E-state index contributed by atoms with van der Waals surface area (Å²) >= 11 is 0. The highest BCUT2D eigenvalue weighted by atomic mass is 16.5. The standard InChI is InChI=1S/C11H20N2O/c1-11(2,3)7-10-8-12-9-13(10)5-6-14-4/h8-9H,5-7H2,1-4H3. The van der Waals surface area contributed by atoms with E-state index in [1.54, 1.807) is 7.11 Å². The minimum atomic E-state index is 0.310. The first-order valence-corrected chi connectivity index (χ1v) is 5.01. The van der Waals surface area contributed by atoms with Crippen molar-refractivity contribution in [2.75, 3.05) is 13.7 Å². The number of nitrogens with zero attached hydrogens (tertiary/aromatic N) is 2. The molecule has 0 unspecified atom stereocenters. The minimum Gasteiger partial charge on any atom is -0.383 e. The van der Waals surface area contributed by atoms with E-state index in [2.05, 4.69) is 30.3 Å². The third kappa shape index (κ3) is 3.50. The molecule has 0 atom stereocenters. The molecular weight excluding hydrogens is 176 g/mol. The monoisotopic (exact) mass is 196 g/mol. The second kappa shape index (κ2) is 4.60. The molecule has 0 radical (unpaired) electrons. The van der Waals surface area contributed by atoms with E-state index < -0.39 is 0 Å². The first kappa shape index (κ1) is 11.2. The van der Waals surface area contributed by atoms with Crippen molar-refractivity contribution in [2.45, 2.75) is 33.7 Å². The molecule has 0 fully saturated rings. The Labute approximate surface area is 86.1 Å². The molecule has 14 heavy (non-hydrogen) atoms. The highest BCUT2D eigenvalue weighted by Crippen LogP contribution is 2.20. The lowest BCUT2D eigenvalue weighted by Crippen LogP contribution is -2.14. The molecule has 0 saturated heterocycles. The molecule has 0 amide bonds. The van der Waals surface area contributed by atoms with Crippen LogP contribution < -0.4 is 0 Å². The first-order valence-electron chi connectivity index (χ1n) is 5.01. The van der Waals surface area contributed by atoms with Crippen LogP contribution in [0.5, 0.6) is 0 Å². The predicted octanol–water partition coefficient (Wildman–Crippen LogP) is 2.12. The molecule has 3 heteroatoms. The molecule has 0 bridgehead atoms. The lowest BCUT2D eigenvalue weighted by molar-refractivity contribution is 0.185. The Morgan fingerprint density at radius 1 is 1.43 bits per heavy atom. The van der Waals surface area contributed by atoms with E-state index in [-0.39, 0.29) is 0 Å². The van der Waals surface area contributed by atoms with Crippen LogP contribution in [0.4, 0.5) is 0 Å². The van der Waals surface area contributed by atoms with Crippen molar-refractivity contribution in [1.82, 2.24) is 9.55 Å². The van der Waals surface area contributed by atoms with Crippen LogP contribution in [0.15, 0.2) is 12.5 Å². The molecule has 0 aliphatic heterocycles. The molecular formula is C11H20N2O. The summed E-state index contributed by atoms with van der Waals surface area (Å²) in [5, 5.41) is 0. The fourth-order valence-corrected chi connectivity index (χ4v) is 1.43. The van der Waals surface area contributed by atoms with Gasteiger partial charge >= 0.3 is 0 Å². The molecule has 3 nitrogen and oxygen atoms in total. The second-order valence-corrected chi connectivity index (χ2v) is 4.81. The van der Waals surface area contributed by atoms with Crippen LogP contribution in [-0.2, 0) is 17.7 Å². The van der Waals surface area contributed by atoms with Crippen molar-refractivity contribution in [3.05, 3.63) is 18.2 Å². The van der Waals surface area contributed by atoms with Crippen molar-refractivity contribution in [1.29, 1.82) is 0 Å². The van der Waals surface area contributed by atoms with Gasteiger partial charge in [-0.25, -0.2) is 4.98 Å². The summed E-state index contributed by atoms with van der Waals surface area (Å²) in [6, 6.07) is 0. The van der Waals surface area contributed by atoms with Gasteiger partial charge in [-0.3, -0.25) is 0 Å². The zero-order chi connectivity index (χ0) is 10.6. The summed E-state index contributed by atoms with van der Waals surface area (Å²) in [6.45, 7) is 8.34. The van der Waals surface area contributed by atoms with Gasteiger partial charge in [0.25, 0.3) is 0 Å². The van der Waals surface area contributed by atoms with Gasteiger partial charge in [-0.15, -0.1) is 0 Å². The maximum atomic E-state index is 5.05. The zero-order valence-electron chi connectivity index (χ0n) is 9.58. The molecule has 80 valence electrons. The molecule has 1 aromatic heterocycles. The topological polar surface area (TPSA) is 27.1 Å². The molecule has 0 aliphatic rings. The highest BCUT2D eigenvalue weighted by molar-refractivity contribution is 5.01. The summed E-state index contributed by atoms with van der Waals surface area (Å²) < 4.78 is 7.21.